The summed E-state index contributed by atoms with van der Waals surface area (Å²) < 4.78 is 6.10. The van der Waals surface area contributed by atoms with Gasteiger partial charge in [-0.3, -0.25) is 0 Å². The maximum Gasteiger partial charge on any atom is 0.0702 e. The van der Waals surface area contributed by atoms with Gasteiger partial charge in [0.05, 0.1) is 5.60 Å². The molecule has 0 aromatic heterocycles. The number of rotatable bonds is 3. The zero-order valence-corrected chi connectivity index (χ0v) is 12.5. The van der Waals surface area contributed by atoms with Gasteiger partial charge in [0, 0.05) is 23.2 Å². The number of anilines is 1. The molecule has 1 heterocycles. The lowest BCUT2D eigenvalue weighted by atomic mass is 9.89. The molecule has 3 heteroatoms. The van der Waals surface area contributed by atoms with Gasteiger partial charge in [0.1, 0.15) is 0 Å². The Morgan fingerprint density at radius 2 is 2.16 bits per heavy atom. The van der Waals surface area contributed by atoms with Crippen LogP contribution in [0.25, 0.3) is 0 Å². The van der Waals surface area contributed by atoms with Crippen molar-refractivity contribution in [1.29, 1.82) is 0 Å². The minimum atomic E-state index is 0.201. The van der Waals surface area contributed by atoms with Gasteiger partial charge in [0.15, 0.2) is 0 Å². The SMILES string of the molecule is CSc1cccc(NC2CCOC3(CCCC3)C2)c1. The first-order chi connectivity index (χ1) is 9.30. The van der Waals surface area contributed by atoms with Crippen molar-refractivity contribution in [3.8, 4) is 0 Å². The molecule has 1 saturated heterocycles. The molecule has 1 saturated carbocycles. The number of nitrogens with one attached hydrogen (secondary N) is 1. The molecular weight excluding hydrogens is 254 g/mol. The molecule has 1 aliphatic heterocycles. The highest BCUT2D eigenvalue weighted by atomic mass is 32.2. The summed E-state index contributed by atoms with van der Waals surface area (Å²) in [5.41, 5.74) is 1.46. The average Bonchev–Trinajstić information content (AvgIpc) is 2.87. The van der Waals surface area contributed by atoms with Crippen molar-refractivity contribution in [3.05, 3.63) is 24.3 Å². The van der Waals surface area contributed by atoms with Crippen molar-refractivity contribution in [2.75, 3.05) is 18.2 Å². The lowest BCUT2D eigenvalue weighted by molar-refractivity contribution is -0.0767. The molecule has 2 fully saturated rings. The van der Waals surface area contributed by atoms with E-state index in [4.69, 9.17) is 4.74 Å². The first-order valence-electron chi connectivity index (χ1n) is 7.34. The van der Waals surface area contributed by atoms with E-state index in [1.165, 1.54) is 42.7 Å². The second-order valence-electron chi connectivity index (χ2n) is 5.80. The second kappa shape index (κ2) is 5.76. The molecule has 1 aromatic carbocycles. The first kappa shape index (κ1) is 13.3. The molecule has 1 atom stereocenters. The number of thioether (sulfide) groups is 1. The fourth-order valence-corrected chi connectivity index (χ4v) is 3.93. The number of hydrogen-bond donors (Lipinski definition) is 1. The Hall–Kier alpha value is -0.670. The molecule has 1 N–H and O–H groups in total. The number of benzene rings is 1. The van der Waals surface area contributed by atoms with Gasteiger partial charge in [-0.25, -0.2) is 0 Å². The van der Waals surface area contributed by atoms with E-state index < -0.39 is 0 Å². The maximum absolute atomic E-state index is 6.10. The average molecular weight is 277 g/mol. The van der Waals surface area contributed by atoms with Crippen LogP contribution < -0.4 is 5.32 Å². The Morgan fingerprint density at radius 3 is 2.95 bits per heavy atom. The predicted octanol–water partition coefficient (Wildman–Crippen LogP) is 4.31. The maximum atomic E-state index is 6.10. The molecule has 19 heavy (non-hydrogen) atoms. The molecule has 2 nitrogen and oxygen atoms in total. The second-order valence-corrected chi connectivity index (χ2v) is 6.68. The van der Waals surface area contributed by atoms with E-state index in [1.54, 1.807) is 11.8 Å². The molecule has 1 spiro atoms. The Bertz CT molecular complexity index is 429. The lowest BCUT2D eigenvalue weighted by Crippen LogP contribution is -2.42. The summed E-state index contributed by atoms with van der Waals surface area (Å²) in [7, 11) is 0. The van der Waals surface area contributed by atoms with Crippen LogP contribution in [-0.2, 0) is 4.74 Å². The monoisotopic (exact) mass is 277 g/mol. The van der Waals surface area contributed by atoms with Crippen LogP contribution in [0, 0.1) is 0 Å². The fraction of sp³-hybridized carbons (Fsp3) is 0.625. The normalized spacial score (nSPS) is 25.6. The summed E-state index contributed by atoms with van der Waals surface area (Å²) >= 11 is 1.80. The molecule has 3 rings (SSSR count). The zero-order valence-electron chi connectivity index (χ0n) is 11.7. The topological polar surface area (TPSA) is 21.3 Å². The molecule has 0 amide bonds. The van der Waals surface area contributed by atoms with Gasteiger partial charge in [0.25, 0.3) is 0 Å². The van der Waals surface area contributed by atoms with Crippen molar-refractivity contribution >= 4 is 17.4 Å². The zero-order chi connectivity index (χ0) is 13.1. The van der Waals surface area contributed by atoms with Crippen LogP contribution in [0.3, 0.4) is 0 Å². The molecule has 0 radical (unpaired) electrons. The van der Waals surface area contributed by atoms with Crippen LogP contribution in [0.1, 0.15) is 38.5 Å². The third kappa shape index (κ3) is 3.09. The van der Waals surface area contributed by atoms with Crippen LogP contribution in [0.15, 0.2) is 29.2 Å². The standard InChI is InChI=1S/C16H23NOS/c1-19-15-6-4-5-13(11-15)17-14-7-10-18-16(12-14)8-2-3-9-16/h4-6,11,14,17H,2-3,7-10,12H2,1H3. The molecular formula is C16H23NOS. The fourth-order valence-electron chi connectivity index (χ4n) is 3.47. The van der Waals surface area contributed by atoms with Crippen LogP contribution in [-0.4, -0.2) is 24.5 Å². The minimum Gasteiger partial charge on any atom is -0.382 e. The summed E-state index contributed by atoms with van der Waals surface area (Å²) in [5, 5.41) is 3.71. The summed E-state index contributed by atoms with van der Waals surface area (Å²) in [6, 6.07) is 9.30. The van der Waals surface area contributed by atoms with Gasteiger partial charge in [0.2, 0.25) is 0 Å². The Morgan fingerprint density at radius 1 is 1.32 bits per heavy atom. The van der Waals surface area contributed by atoms with E-state index in [9.17, 15) is 0 Å². The summed E-state index contributed by atoms with van der Waals surface area (Å²) in [4.78, 5) is 1.33. The summed E-state index contributed by atoms with van der Waals surface area (Å²) in [5.74, 6) is 0. The van der Waals surface area contributed by atoms with Crippen molar-refractivity contribution in [1.82, 2.24) is 0 Å². The van der Waals surface area contributed by atoms with Gasteiger partial charge in [-0.2, -0.15) is 0 Å². The van der Waals surface area contributed by atoms with Gasteiger partial charge in [-0.15, -0.1) is 11.8 Å². The van der Waals surface area contributed by atoms with E-state index in [0.29, 0.717) is 6.04 Å². The molecule has 2 aliphatic rings. The van der Waals surface area contributed by atoms with E-state index in [2.05, 4.69) is 35.8 Å². The van der Waals surface area contributed by atoms with Crippen molar-refractivity contribution in [3.63, 3.8) is 0 Å². The van der Waals surface area contributed by atoms with Gasteiger partial charge >= 0.3 is 0 Å². The molecule has 0 bridgehead atoms. The van der Waals surface area contributed by atoms with Crippen molar-refractivity contribution < 1.29 is 4.74 Å². The first-order valence-corrected chi connectivity index (χ1v) is 8.57. The van der Waals surface area contributed by atoms with Crippen molar-refractivity contribution in [2.45, 2.75) is 55.1 Å². The van der Waals surface area contributed by atoms with Crippen LogP contribution in [0.2, 0.25) is 0 Å². The third-order valence-electron chi connectivity index (χ3n) is 4.45. The highest BCUT2D eigenvalue weighted by Crippen LogP contribution is 2.40. The highest BCUT2D eigenvalue weighted by Gasteiger charge is 2.39. The van der Waals surface area contributed by atoms with Crippen LogP contribution in [0.4, 0.5) is 5.69 Å². The highest BCUT2D eigenvalue weighted by molar-refractivity contribution is 7.98. The molecule has 1 aliphatic carbocycles. The Balaban J connectivity index is 1.65. The number of hydrogen-bond acceptors (Lipinski definition) is 3. The van der Waals surface area contributed by atoms with E-state index in [1.807, 2.05) is 0 Å². The molecule has 104 valence electrons. The van der Waals surface area contributed by atoms with Crippen molar-refractivity contribution in [2.24, 2.45) is 0 Å². The van der Waals surface area contributed by atoms with Gasteiger partial charge in [-0.1, -0.05) is 18.9 Å². The lowest BCUT2D eigenvalue weighted by Gasteiger charge is -2.39. The minimum absolute atomic E-state index is 0.201. The van der Waals surface area contributed by atoms with Gasteiger partial charge in [-0.05, 0) is 50.1 Å². The van der Waals surface area contributed by atoms with E-state index in [-0.39, 0.29) is 5.60 Å². The molecule has 1 unspecified atom stereocenters. The summed E-state index contributed by atoms with van der Waals surface area (Å²) in [6.45, 7) is 0.917. The summed E-state index contributed by atoms with van der Waals surface area (Å²) in [6.07, 6.45) is 9.64. The predicted molar refractivity (Wildman–Crippen MR) is 82.0 cm³/mol. The molecule has 1 aromatic rings. The third-order valence-corrected chi connectivity index (χ3v) is 5.17. The number of ether oxygens (including phenoxy) is 1. The largest absolute Gasteiger partial charge is 0.382 e. The Kier molecular flexibility index (Phi) is 4.04. The van der Waals surface area contributed by atoms with Crippen LogP contribution >= 0.6 is 11.8 Å². The smallest absolute Gasteiger partial charge is 0.0702 e. The van der Waals surface area contributed by atoms with Gasteiger partial charge < -0.3 is 10.1 Å². The quantitative estimate of drug-likeness (QED) is 0.832. The van der Waals surface area contributed by atoms with Crippen LogP contribution in [0.5, 0.6) is 0 Å². The Labute approximate surface area is 120 Å². The van der Waals surface area contributed by atoms with E-state index in [0.717, 1.165) is 13.0 Å². The van der Waals surface area contributed by atoms with E-state index >= 15 is 0 Å².